The van der Waals surface area contributed by atoms with E-state index in [0.29, 0.717) is 6.42 Å². The molecule has 1 amide bonds. The van der Waals surface area contributed by atoms with Crippen LogP contribution in [0.2, 0.25) is 0 Å². The summed E-state index contributed by atoms with van der Waals surface area (Å²) in [7, 11) is 0. The maximum atomic E-state index is 12.0. The molecular weight excluding hydrogens is 266 g/mol. The quantitative estimate of drug-likeness (QED) is 0.816. The van der Waals surface area contributed by atoms with E-state index in [9.17, 15) is 4.79 Å². The molecule has 1 aliphatic heterocycles. The fourth-order valence-corrected chi connectivity index (χ4v) is 2.66. The van der Waals surface area contributed by atoms with Gasteiger partial charge >= 0.3 is 0 Å². The van der Waals surface area contributed by atoms with Crippen molar-refractivity contribution < 1.29 is 4.79 Å². The number of carbonyl (C=O) groups is 1. The van der Waals surface area contributed by atoms with E-state index in [-0.39, 0.29) is 18.0 Å². The average molecular weight is 291 g/mol. The molecule has 1 unspecified atom stereocenters. The first-order chi connectivity index (χ1) is 10.2. The number of nitrogens with one attached hydrogen (secondary N) is 2. The summed E-state index contributed by atoms with van der Waals surface area (Å²) in [4.78, 5) is 22.7. The van der Waals surface area contributed by atoms with E-state index in [0.717, 1.165) is 38.4 Å². The summed E-state index contributed by atoms with van der Waals surface area (Å²) >= 11 is 0. The molecule has 2 N–H and O–H groups in total. The van der Waals surface area contributed by atoms with Crippen LogP contribution in [0.15, 0.2) is 18.5 Å². The van der Waals surface area contributed by atoms with Gasteiger partial charge in [-0.2, -0.15) is 0 Å². The van der Waals surface area contributed by atoms with Crippen molar-refractivity contribution >= 4 is 11.9 Å². The van der Waals surface area contributed by atoms with E-state index < -0.39 is 0 Å². The Kier molecular flexibility index (Phi) is 5.92. The molecule has 1 saturated heterocycles. The zero-order valence-electron chi connectivity index (χ0n) is 12.9. The van der Waals surface area contributed by atoms with Gasteiger partial charge in [-0.25, -0.2) is 9.97 Å². The molecule has 1 aromatic heterocycles. The van der Waals surface area contributed by atoms with Crippen LogP contribution in [-0.4, -0.2) is 47.6 Å². The van der Waals surface area contributed by atoms with Crippen LogP contribution in [0.25, 0.3) is 0 Å². The topological polar surface area (TPSA) is 70.2 Å². The van der Waals surface area contributed by atoms with Crippen LogP contribution in [0.5, 0.6) is 0 Å². The van der Waals surface area contributed by atoms with E-state index in [1.165, 1.54) is 0 Å². The summed E-state index contributed by atoms with van der Waals surface area (Å²) in [6.45, 7) is 6.76. The largest absolute Gasteiger partial charge is 0.353 e. The van der Waals surface area contributed by atoms with E-state index >= 15 is 0 Å². The van der Waals surface area contributed by atoms with Crippen molar-refractivity contribution in [2.24, 2.45) is 0 Å². The Balaban J connectivity index is 1.73. The lowest BCUT2D eigenvalue weighted by Gasteiger charge is -2.32. The third-order valence-electron chi connectivity index (χ3n) is 3.74. The van der Waals surface area contributed by atoms with Crippen molar-refractivity contribution in [2.75, 3.05) is 24.5 Å². The van der Waals surface area contributed by atoms with E-state index in [4.69, 9.17) is 0 Å². The smallest absolute Gasteiger partial charge is 0.225 e. The van der Waals surface area contributed by atoms with Crippen LogP contribution >= 0.6 is 0 Å². The van der Waals surface area contributed by atoms with Gasteiger partial charge in [0.15, 0.2) is 0 Å². The molecule has 0 radical (unpaired) electrons. The molecular formula is C15H25N5O. The number of hydrogen-bond acceptors (Lipinski definition) is 5. The second-order valence-electron chi connectivity index (χ2n) is 5.54. The first-order valence-electron chi connectivity index (χ1n) is 7.73. The summed E-state index contributed by atoms with van der Waals surface area (Å²) in [6, 6.07) is 2.32. The molecule has 6 heteroatoms. The predicted molar refractivity (Wildman–Crippen MR) is 83.2 cm³/mol. The highest BCUT2D eigenvalue weighted by Gasteiger charge is 2.22. The first kappa shape index (κ1) is 15.7. The predicted octanol–water partition coefficient (Wildman–Crippen LogP) is 0.950. The minimum Gasteiger partial charge on any atom is -0.353 e. The molecule has 1 aromatic rings. The van der Waals surface area contributed by atoms with Crippen molar-refractivity contribution in [1.82, 2.24) is 20.6 Å². The van der Waals surface area contributed by atoms with Gasteiger partial charge in [-0.15, -0.1) is 0 Å². The van der Waals surface area contributed by atoms with E-state index in [1.807, 2.05) is 13.0 Å². The number of carbonyl (C=O) groups excluding carboxylic acids is 1. The normalized spacial score (nSPS) is 17.5. The lowest BCUT2D eigenvalue weighted by atomic mass is 10.0. The van der Waals surface area contributed by atoms with Gasteiger partial charge in [0.1, 0.15) is 0 Å². The molecule has 116 valence electrons. The van der Waals surface area contributed by atoms with Gasteiger partial charge in [0, 0.05) is 44.0 Å². The third-order valence-corrected chi connectivity index (χ3v) is 3.74. The molecule has 0 bridgehead atoms. The number of nitrogens with zero attached hydrogens (tertiary/aromatic N) is 3. The fourth-order valence-electron chi connectivity index (χ4n) is 2.66. The Morgan fingerprint density at radius 3 is 2.67 bits per heavy atom. The average Bonchev–Trinajstić information content (AvgIpc) is 2.49. The van der Waals surface area contributed by atoms with Crippen molar-refractivity contribution in [3.8, 4) is 0 Å². The molecule has 0 saturated carbocycles. The standard InChI is InChI=1S/C15H25N5O/c1-3-16-12(2)11-14(21)19-13-5-9-20(10-6-13)15-17-7-4-8-18-15/h4,7-8,12-13,16H,3,5-6,9-11H2,1-2H3,(H,19,21). The van der Waals surface area contributed by atoms with Crippen molar-refractivity contribution in [1.29, 1.82) is 0 Å². The van der Waals surface area contributed by atoms with Gasteiger partial charge in [-0.1, -0.05) is 6.92 Å². The molecule has 21 heavy (non-hydrogen) atoms. The maximum Gasteiger partial charge on any atom is 0.225 e. The number of aromatic nitrogens is 2. The molecule has 2 rings (SSSR count). The Morgan fingerprint density at radius 2 is 2.05 bits per heavy atom. The number of hydrogen-bond donors (Lipinski definition) is 2. The maximum absolute atomic E-state index is 12.0. The van der Waals surface area contributed by atoms with Gasteiger partial charge < -0.3 is 15.5 Å². The van der Waals surface area contributed by atoms with Crippen molar-refractivity contribution in [3.05, 3.63) is 18.5 Å². The molecule has 6 nitrogen and oxygen atoms in total. The molecule has 1 aliphatic rings. The van der Waals surface area contributed by atoms with Crippen LogP contribution in [0.4, 0.5) is 5.95 Å². The Morgan fingerprint density at radius 1 is 1.38 bits per heavy atom. The van der Waals surface area contributed by atoms with E-state index in [2.05, 4.69) is 32.4 Å². The van der Waals surface area contributed by atoms with Crippen molar-refractivity contribution in [2.45, 2.75) is 45.2 Å². The highest BCUT2D eigenvalue weighted by Crippen LogP contribution is 2.15. The van der Waals surface area contributed by atoms with Gasteiger partial charge in [-0.05, 0) is 32.4 Å². The van der Waals surface area contributed by atoms with Crippen LogP contribution in [0.3, 0.4) is 0 Å². The monoisotopic (exact) mass is 291 g/mol. The lowest BCUT2D eigenvalue weighted by molar-refractivity contribution is -0.122. The van der Waals surface area contributed by atoms with Crippen molar-refractivity contribution in [3.63, 3.8) is 0 Å². The minimum absolute atomic E-state index is 0.137. The van der Waals surface area contributed by atoms with Gasteiger partial charge in [-0.3, -0.25) is 4.79 Å². The summed E-state index contributed by atoms with van der Waals surface area (Å²) < 4.78 is 0. The molecule has 1 atom stereocenters. The Labute approximate surface area is 126 Å². The third kappa shape index (κ3) is 4.97. The lowest BCUT2D eigenvalue weighted by Crippen LogP contribution is -2.46. The number of rotatable bonds is 6. The minimum atomic E-state index is 0.137. The Hall–Kier alpha value is -1.69. The summed E-state index contributed by atoms with van der Waals surface area (Å²) in [5.74, 6) is 0.918. The second kappa shape index (κ2) is 7.93. The fraction of sp³-hybridized carbons (Fsp3) is 0.667. The number of piperidine rings is 1. The highest BCUT2D eigenvalue weighted by molar-refractivity contribution is 5.76. The molecule has 0 aromatic carbocycles. The van der Waals surface area contributed by atoms with Gasteiger partial charge in [0.25, 0.3) is 0 Å². The van der Waals surface area contributed by atoms with Crippen LogP contribution in [0.1, 0.15) is 33.1 Å². The molecule has 1 fully saturated rings. The SMILES string of the molecule is CCNC(C)CC(=O)NC1CCN(c2ncccn2)CC1. The summed E-state index contributed by atoms with van der Waals surface area (Å²) in [5, 5.41) is 6.39. The van der Waals surface area contributed by atoms with E-state index in [1.54, 1.807) is 12.4 Å². The molecule has 0 spiro atoms. The zero-order valence-corrected chi connectivity index (χ0v) is 12.9. The van der Waals surface area contributed by atoms with Crippen LogP contribution < -0.4 is 15.5 Å². The highest BCUT2D eigenvalue weighted by atomic mass is 16.1. The molecule has 2 heterocycles. The number of amides is 1. The summed E-state index contributed by atoms with van der Waals surface area (Å²) in [5.41, 5.74) is 0. The Bertz CT molecular complexity index is 431. The van der Waals surface area contributed by atoms with Gasteiger partial charge in [0.05, 0.1) is 0 Å². The first-order valence-corrected chi connectivity index (χ1v) is 7.73. The van der Waals surface area contributed by atoms with Gasteiger partial charge in [0.2, 0.25) is 11.9 Å². The van der Waals surface area contributed by atoms with Crippen LogP contribution in [0, 0.1) is 0 Å². The second-order valence-corrected chi connectivity index (χ2v) is 5.54. The molecule has 0 aliphatic carbocycles. The summed E-state index contributed by atoms with van der Waals surface area (Å²) in [6.07, 6.45) is 5.95. The zero-order chi connectivity index (χ0) is 15.1. The van der Waals surface area contributed by atoms with Crippen LogP contribution in [-0.2, 0) is 4.79 Å². The number of anilines is 1.